The predicted molar refractivity (Wildman–Crippen MR) is 114 cm³/mol. The molecule has 138 valence electrons. The van der Waals surface area contributed by atoms with Crippen molar-refractivity contribution in [3.63, 3.8) is 0 Å². The molecular weight excluding hydrogens is 451 g/mol. The van der Waals surface area contributed by atoms with Crippen LogP contribution in [-0.4, -0.2) is 38.3 Å². The molecule has 2 aromatic rings. The third-order valence-corrected chi connectivity index (χ3v) is 4.14. The van der Waals surface area contributed by atoms with E-state index in [0.29, 0.717) is 13.2 Å². The molecule has 0 aliphatic carbocycles. The van der Waals surface area contributed by atoms with Gasteiger partial charge in [0, 0.05) is 30.7 Å². The maximum absolute atomic E-state index is 5.71. The van der Waals surface area contributed by atoms with Crippen LogP contribution in [0.2, 0.25) is 0 Å². The number of aromatic nitrogens is 1. The summed E-state index contributed by atoms with van der Waals surface area (Å²) >= 11 is 1.69. The number of benzene rings is 1. The molecule has 25 heavy (non-hydrogen) atoms. The van der Waals surface area contributed by atoms with Crippen molar-refractivity contribution < 1.29 is 9.47 Å². The molecule has 0 radical (unpaired) electrons. The number of guanidine groups is 1. The molecule has 0 aliphatic heterocycles. The minimum absolute atomic E-state index is 0. The lowest BCUT2D eigenvalue weighted by Crippen LogP contribution is -2.37. The highest BCUT2D eigenvalue weighted by atomic mass is 127. The van der Waals surface area contributed by atoms with Gasteiger partial charge in [-0.05, 0) is 25.5 Å². The lowest BCUT2D eigenvalue weighted by Gasteiger charge is -2.11. The molecule has 1 aromatic carbocycles. The summed E-state index contributed by atoms with van der Waals surface area (Å²) in [5.41, 5.74) is 0. The van der Waals surface area contributed by atoms with Crippen molar-refractivity contribution >= 4 is 41.3 Å². The lowest BCUT2D eigenvalue weighted by atomic mass is 10.3. The number of aliphatic imine (C=N–C) groups is 1. The van der Waals surface area contributed by atoms with E-state index in [-0.39, 0.29) is 24.0 Å². The number of rotatable bonds is 8. The molecule has 6 nitrogen and oxygen atoms in total. The van der Waals surface area contributed by atoms with E-state index in [4.69, 9.17) is 9.47 Å². The van der Waals surface area contributed by atoms with Gasteiger partial charge >= 0.3 is 0 Å². The van der Waals surface area contributed by atoms with Crippen molar-refractivity contribution in [3.8, 4) is 11.5 Å². The molecule has 0 saturated carbocycles. The first kappa shape index (κ1) is 21.5. The first-order valence-electron chi connectivity index (χ1n) is 7.84. The van der Waals surface area contributed by atoms with Crippen LogP contribution in [0.3, 0.4) is 0 Å². The van der Waals surface area contributed by atoms with Crippen LogP contribution in [0.25, 0.3) is 0 Å². The Morgan fingerprint density at radius 3 is 2.76 bits per heavy atom. The fraction of sp³-hybridized carbons (Fsp3) is 0.412. The average molecular weight is 476 g/mol. The van der Waals surface area contributed by atoms with E-state index in [2.05, 4.69) is 27.5 Å². The van der Waals surface area contributed by atoms with Gasteiger partial charge in [0.2, 0.25) is 0 Å². The van der Waals surface area contributed by atoms with Gasteiger partial charge in [0.25, 0.3) is 0 Å². The molecule has 0 spiro atoms. The highest BCUT2D eigenvalue weighted by molar-refractivity contribution is 14.0. The van der Waals surface area contributed by atoms with Crippen LogP contribution in [0, 0.1) is 6.92 Å². The Labute approximate surface area is 170 Å². The third-order valence-electron chi connectivity index (χ3n) is 3.22. The summed E-state index contributed by atoms with van der Waals surface area (Å²) in [5, 5.41) is 7.57. The summed E-state index contributed by atoms with van der Waals surface area (Å²) < 4.78 is 10.9. The molecule has 0 aliphatic rings. The van der Waals surface area contributed by atoms with Gasteiger partial charge in [-0.3, -0.25) is 4.99 Å². The monoisotopic (exact) mass is 476 g/mol. The normalized spacial score (nSPS) is 10.8. The number of hydrogen-bond acceptors (Lipinski definition) is 5. The average Bonchev–Trinajstić information content (AvgIpc) is 3.03. The van der Waals surface area contributed by atoms with Crippen LogP contribution in [-0.2, 0) is 6.54 Å². The van der Waals surface area contributed by atoms with E-state index < -0.39 is 0 Å². The molecule has 0 fully saturated rings. The van der Waals surface area contributed by atoms with Gasteiger partial charge in [0.1, 0.15) is 16.5 Å². The van der Waals surface area contributed by atoms with Crippen molar-refractivity contribution in [2.45, 2.75) is 19.9 Å². The molecule has 8 heteroatoms. The van der Waals surface area contributed by atoms with Gasteiger partial charge in [0.15, 0.2) is 5.96 Å². The second-order valence-corrected chi connectivity index (χ2v) is 6.42. The lowest BCUT2D eigenvalue weighted by molar-refractivity contribution is 0.308. The zero-order valence-electron chi connectivity index (χ0n) is 14.7. The van der Waals surface area contributed by atoms with E-state index in [1.165, 1.54) is 4.88 Å². The number of aryl methyl sites for hydroxylation is 1. The van der Waals surface area contributed by atoms with E-state index >= 15 is 0 Å². The van der Waals surface area contributed by atoms with Crippen LogP contribution in [0.1, 0.15) is 16.3 Å². The standard InChI is InChI=1S/C17H24N4O2S.HI/c1-13-11-20-16(24-13)12-21-17(18-2)19-8-5-9-23-15-7-4-6-14(10-15)22-3;/h4,6-7,10-11H,5,8-9,12H2,1-3H3,(H2,18,19,21);1H. The highest BCUT2D eigenvalue weighted by Gasteiger charge is 2.01. The second kappa shape index (κ2) is 11.9. The maximum atomic E-state index is 5.71. The molecule has 2 rings (SSSR count). The van der Waals surface area contributed by atoms with Crippen molar-refractivity contribution in [2.75, 3.05) is 27.3 Å². The number of methoxy groups -OCH3 is 1. The number of hydrogen-bond donors (Lipinski definition) is 2. The first-order valence-corrected chi connectivity index (χ1v) is 8.65. The van der Waals surface area contributed by atoms with Crippen LogP contribution in [0.5, 0.6) is 11.5 Å². The number of nitrogens with one attached hydrogen (secondary N) is 2. The molecule has 1 aromatic heterocycles. The van der Waals surface area contributed by atoms with E-state index in [0.717, 1.165) is 35.4 Å². The minimum atomic E-state index is 0. The summed E-state index contributed by atoms with van der Waals surface area (Å²) in [7, 11) is 3.41. The number of halogens is 1. The van der Waals surface area contributed by atoms with Crippen molar-refractivity contribution in [1.29, 1.82) is 0 Å². The van der Waals surface area contributed by atoms with E-state index in [1.54, 1.807) is 25.5 Å². The Hall–Kier alpha value is -1.55. The zero-order valence-corrected chi connectivity index (χ0v) is 17.9. The van der Waals surface area contributed by atoms with Gasteiger partial charge in [0.05, 0.1) is 20.3 Å². The smallest absolute Gasteiger partial charge is 0.191 e. The summed E-state index contributed by atoms with van der Waals surface area (Å²) in [6.07, 6.45) is 2.75. The molecule has 0 unspecified atom stereocenters. The van der Waals surface area contributed by atoms with Gasteiger partial charge in [-0.25, -0.2) is 4.98 Å². The summed E-state index contributed by atoms with van der Waals surface area (Å²) in [6.45, 7) is 4.14. The van der Waals surface area contributed by atoms with E-state index in [1.807, 2.05) is 30.5 Å². The second-order valence-electron chi connectivity index (χ2n) is 5.10. The molecule has 2 N–H and O–H groups in total. The quantitative estimate of drug-likeness (QED) is 0.265. The maximum Gasteiger partial charge on any atom is 0.191 e. The molecule has 0 bridgehead atoms. The summed E-state index contributed by atoms with van der Waals surface area (Å²) in [5.74, 6) is 2.38. The third kappa shape index (κ3) is 7.91. The highest BCUT2D eigenvalue weighted by Crippen LogP contribution is 2.18. The van der Waals surface area contributed by atoms with Crippen molar-refractivity contribution in [1.82, 2.24) is 15.6 Å². The number of nitrogens with zero attached hydrogens (tertiary/aromatic N) is 2. The fourth-order valence-electron chi connectivity index (χ4n) is 2.02. The zero-order chi connectivity index (χ0) is 17.2. The minimum Gasteiger partial charge on any atom is -0.497 e. The van der Waals surface area contributed by atoms with Gasteiger partial charge in [-0.15, -0.1) is 35.3 Å². The molecule has 0 atom stereocenters. The predicted octanol–water partition coefficient (Wildman–Crippen LogP) is 3.21. The van der Waals surface area contributed by atoms with Crippen LogP contribution in [0.4, 0.5) is 0 Å². The van der Waals surface area contributed by atoms with Crippen LogP contribution in [0.15, 0.2) is 35.5 Å². The van der Waals surface area contributed by atoms with Crippen molar-refractivity contribution in [2.24, 2.45) is 4.99 Å². The van der Waals surface area contributed by atoms with Gasteiger partial charge in [-0.1, -0.05) is 6.07 Å². The Morgan fingerprint density at radius 2 is 2.08 bits per heavy atom. The van der Waals surface area contributed by atoms with Gasteiger partial charge in [-0.2, -0.15) is 0 Å². The van der Waals surface area contributed by atoms with Gasteiger partial charge < -0.3 is 20.1 Å². The summed E-state index contributed by atoms with van der Waals surface area (Å²) in [6, 6.07) is 7.61. The number of ether oxygens (including phenoxy) is 2. The fourth-order valence-corrected chi connectivity index (χ4v) is 2.75. The Kier molecular flexibility index (Phi) is 10.2. The SMILES string of the molecule is CN=C(NCCCOc1cccc(OC)c1)NCc1ncc(C)s1.I. The molecule has 0 saturated heterocycles. The van der Waals surface area contributed by atoms with Crippen LogP contribution < -0.4 is 20.1 Å². The van der Waals surface area contributed by atoms with Crippen molar-refractivity contribution in [3.05, 3.63) is 40.3 Å². The molecule has 0 amide bonds. The molecular formula is C17H25IN4O2S. The Balaban J connectivity index is 0.00000312. The van der Waals surface area contributed by atoms with E-state index in [9.17, 15) is 0 Å². The number of thiazole rings is 1. The molecule has 1 heterocycles. The first-order chi connectivity index (χ1) is 11.7. The Bertz CT molecular complexity index is 664. The summed E-state index contributed by atoms with van der Waals surface area (Å²) in [4.78, 5) is 9.74. The van der Waals surface area contributed by atoms with Crippen LogP contribution >= 0.6 is 35.3 Å². The Morgan fingerprint density at radius 1 is 1.28 bits per heavy atom. The topological polar surface area (TPSA) is 67.8 Å². The largest absolute Gasteiger partial charge is 0.497 e.